The van der Waals surface area contributed by atoms with Crippen molar-refractivity contribution in [2.24, 2.45) is 0 Å². The molecular weight excluding hydrogens is 234 g/mol. The van der Waals surface area contributed by atoms with Crippen LogP contribution >= 0.6 is 0 Å². The Kier molecular flexibility index (Phi) is 4.99. The summed E-state index contributed by atoms with van der Waals surface area (Å²) >= 11 is 0. The van der Waals surface area contributed by atoms with E-state index in [2.05, 4.69) is 10.4 Å². The molecule has 0 aliphatic rings. The van der Waals surface area contributed by atoms with Gasteiger partial charge in [0.25, 0.3) is 0 Å². The third-order valence-corrected chi connectivity index (χ3v) is 2.23. The summed E-state index contributed by atoms with van der Waals surface area (Å²) < 4.78 is 6.08. The van der Waals surface area contributed by atoms with Crippen molar-refractivity contribution >= 4 is 17.6 Å². The van der Waals surface area contributed by atoms with Crippen LogP contribution in [0.1, 0.15) is 25.8 Å². The molecule has 98 valence electrons. The van der Waals surface area contributed by atoms with Gasteiger partial charge in [0.05, 0.1) is 6.61 Å². The van der Waals surface area contributed by atoms with E-state index in [9.17, 15) is 4.79 Å². The molecule has 0 aromatic carbocycles. The van der Waals surface area contributed by atoms with Crippen molar-refractivity contribution in [3.63, 3.8) is 0 Å². The Bertz CT molecular complexity index is 461. The normalized spacial score (nSPS) is 9.83. The first-order valence-corrected chi connectivity index (χ1v) is 5.79. The molecule has 0 unspecified atom stereocenters. The lowest BCUT2D eigenvalue weighted by Gasteiger charge is -2.03. The number of anilines is 2. The average Bonchev–Trinajstić information content (AvgIpc) is 2.63. The molecule has 3 N–H and O–H groups in total. The predicted octanol–water partition coefficient (Wildman–Crippen LogP) is 0.722. The fraction of sp³-hybridized carbons (Fsp3) is 0.545. The minimum absolute atomic E-state index is 0.0951. The van der Waals surface area contributed by atoms with Crippen LogP contribution in [0.3, 0.4) is 0 Å². The lowest BCUT2D eigenvalue weighted by atomic mass is 10.3. The van der Waals surface area contributed by atoms with E-state index >= 15 is 0 Å². The highest BCUT2D eigenvalue weighted by molar-refractivity contribution is 5.71. The number of hydrogen-bond acceptors (Lipinski definition) is 6. The number of aromatic nitrogens is 2. The van der Waals surface area contributed by atoms with E-state index in [-0.39, 0.29) is 17.9 Å². The second-order valence-corrected chi connectivity index (χ2v) is 3.61. The van der Waals surface area contributed by atoms with Gasteiger partial charge in [-0.05, 0) is 13.3 Å². The molecule has 1 rings (SSSR count). The van der Waals surface area contributed by atoms with Crippen LogP contribution in [-0.4, -0.2) is 28.9 Å². The first-order chi connectivity index (χ1) is 8.63. The van der Waals surface area contributed by atoms with Crippen molar-refractivity contribution in [3.05, 3.63) is 5.56 Å². The molecule has 1 aromatic rings. The van der Waals surface area contributed by atoms with Gasteiger partial charge in [0.15, 0.2) is 5.82 Å². The maximum atomic E-state index is 11.3. The molecule has 0 radical (unpaired) electrons. The Morgan fingerprint density at radius 2 is 2.33 bits per heavy atom. The Morgan fingerprint density at radius 3 is 2.89 bits per heavy atom. The second kappa shape index (κ2) is 6.49. The summed E-state index contributed by atoms with van der Waals surface area (Å²) in [5, 5.41) is 16.1. The number of carbonyl (C=O) groups excluding carboxylic acids is 1. The van der Waals surface area contributed by atoms with Crippen LogP contribution in [0.15, 0.2) is 0 Å². The highest BCUT2D eigenvalue weighted by atomic mass is 16.5. The molecule has 18 heavy (non-hydrogen) atoms. The molecule has 0 spiro atoms. The zero-order valence-electron chi connectivity index (χ0n) is 10.6. The number of nitrogen functional groups attached to an aromatic ring is 1. The Morgan fingerprint density at radius 1 is 1.61 bits per heavy atom. The van der Waals surface area contributed by atoms with E-state index in [4.69, 9.17) is 15.7 Å². The van der Waals surface area contributed by atoms with E-state index in [1.807, 2.05) is 13.0 Å². The number of rotatable bonds is 6. The summed E-state index contributed by atoms with van der Waals surface area (Å²) in [6, 6.07) is 1.98. The number of ether oxygens (including phenoxy) is 1. The highest BCUT2D eigenvalue weighted by Gasteiger charge is 2.17. The SMILES string of the molecule is CCCNc1nn(CC(=O)OCC)c(N)c1C#N. The average molecular weight is 251 g/mol. The molecule has 7 heteroatoms. The van der Waals surface area contributed by atoms with Crippen molar-refractivity contribution < 1.29 is 9.53 Å². The Hall–Kier alpha value is -2.23. The number of carbonyl (C=O) groups is 1. The second-order valence-electron chi connectivity index (χ2n) is 3.61. The third kappa shape index (κ3) is 3.13. The predicted molar refractivity (Wildman–Crippen MR) is 66.8 cm³/mol. The van der Waals surface area contributed by atoms with E-state index in [1.54, 1.807) is 6.92 Å². The fourth-order valence-corrected chi connectivity index (χ4v) is 1.40. The number of hydrogen-bond donors (Lipinski definition) is 2. The van der Waals surface area contributed by atoms with Gasteiger partial charge in [0, 0.05) is 6.54 Å². The van der Waals surface area contributed by atoms with Crippen LogP contribution in [0.2, 0.25) is 0 Å². The van der Waals surface area contributed by atoms with Crippen molar-refractivity contribution in [1.82, 2.24) is 9.78 Å². The van der Waals surface area contributed by atoms with E-state index in [0.717, 1.165) is 6.42 Å². The third-order valence-electron chi connectivity index (χ3n) is 2.23. The molecule has 0 saturated heterocycles. The standard InChI is InChI=1S/C11H17N5O2/c1-3-5-14-11-8(6-12)10(13)16(15-11)7-9(17)18-4-2/h3-5,7,13H2,1-2H3,(H,14,15). The van der Waals surface area contributed by atoms with E-state index in [0.29, 0.717) is 19.0 Å². The lowest BCUT2D eigenvalue weighted by molar-refractivity contribution is -0.143. The van der Waals surface area contributed by atoms with Crippen molar-refractivity contribution in [1.29, 1.82) is 5.26 Å². The van der Waals surface area contributed by atoms with Gasteiger partial charge in [-0.1, -0.05) is 6.92 Å². The van der Waals surface area contributed by atoms with Crippen LogP contribution in [0.25, 0.3) is 0 Å². The summed E-state index contributed by atoms with van der Waals surface area (Å²) in [5.41, 5.74) is 6.02. The number of nitrogens with zero attached hydrogens (tertiary/aromatic N) is 3. The minimum Gasteiger partial charge on any atom is -0.465 e. The summed E-state index contributed by atoms with van der Waals surface area (Å²) in [5.74, 6) is 0.142. The van der Waals surface area contributed by atoms with Gasteiger partial charge < -0.3 is 15.8 Å². The number of nitrogens with one attached hydrogen (secondary N) is 1. The fourth-order valence-electron chi connectivity index (χ4n) is 1.40. The van der Waals surface area contributed by atoms with Crippen LogP contribution in [0.5, 0.6) is 0 Å². The molecule has 0 bridgehead atoms. The first kappa shape index (κ1) is 13.8. The quantitative estimate of drug-likeness (QED) is 0.722. The number of nitriles is 1. The van der Waals surface area contributed by atoms with Crippen molar-refractivity contribution in [3.8, 4) is 6.07 Å². The largest absolute Gasteiger partial charge is 0.465 e. The van der Waals surface area contributed by atoms with Gasteiger partial charge in [-0.3, -0.25) is 4.79 Å². The van der Waals surface area contributed by atoms with Gasteiger partial charge in [-0.2, -0.15) is 10.4 Å². The van der Waals surface area contributed by atoms with Crippen LogP contribution in [0, 0.1) is 11.3 Å². The summed E-state index contributed by atoms with van der Waals surface area (Å²) in [6.45, 7) is 4.61. The van der Waals surface area contributed by atoms with E-state index in [1.165, 1.54) is 4.68 Å². The lowest BCUT2D eigenvalue weighted by Crippen LogP contribution is -2.16. The topological polar surface area (TPSA) is 106 Å². The monoisotopic (exact) mass is 251 g/mol. The Balaban J connectivity index is 2.90. The smallest absolute Gasteiger partial charge is 0.327 e. The maximum Gasteiger partial charge on any atom is 0.327 e. The molecule has 0 fully saturated rings. The molecule has 7 nitrogen and oxygen atoms in total. The van der Waals surface area contributed by atoms with Crippen molar-refractivity contribution in [2.45, 2.75) is 26.8 Å². The molecule has 0 atom stereocenters. The maximum absolute atomic E-state index is 11.3. The number of nitrogens with two attached hydrogens (primary N) is 1. The van der Waals surface area contributed by atoms with Gasteiger partial charge in [-0.15, -0.1) is 0 Å². The van der Waals surface area contributed by atoms with E-state index < -0.39 is 5.97 Å². The van der Waals surface area contributed by atoms with Crippen LogP contribution < -0.4 is 11.1 Å². The van der Waals surface area contributed by atoms with Gasteiger partial charge in [-0.25, -0.2) is 4.68 Å². The molecule has 1 aromatic heterocycles. The van der Waals surface area contributed by atoms with Gasteiger partial charge >= 0.3 is 5.97 Å². The summed E-state index contributed by atoms with van der Waals surface area (Å²) in [6.07, 6.45) is 0.898. The molecule has 0 saturated carbocycles. The zero-order valence-corrected chi connectivity index (χ0v) is 10.6. The summed E-state index contributed by atoms with van der Waals surface area (Å²) in [7, 11) is 0. The van der Waals surface area contributed by atoms with Gasteiger partial charge in [0.1, 0.15) is 24.0 Å². The van der Waals surface area contributed by atoms with Crippen LogP contribution in [0.4, 0.5) is 11.6 Å². The van der Waals surface area contributed by atoms with Crippen LogP contribution in [-0.2, 0) is 16.1 Å². The first-order valence-electron chi connectivity index (χ1n) is 5.79. The molecule has 0 amide bonds. The molecule has 0 aliphatic heterocycles. The molecule has 1 heterocycles. The zero-order chi connectivity index (χ0) is 13.5. The Labute approximate surface area is 106 Å². The highest BCUT2D eigenvalue weighted by Crippen LogP contribution is 2.20. The summed E-state index contributed by atoms with van der Waals surface area (Å²) in [4.78, 5) is 11.3. The molecular formula is C11H17N5O2. The van der Waals surface area contributed by atoms with Gasteiger partial charge in [0.2, 0.25) is 0 Å². The molecule has 0 aliphatic carbocycles. The number of esters is 1. The minimum atomic E-state index is -0.432. The van der Waals surface area contributed by atoms with Crippen molar-refractivity contribution in [2.75, 3.05) is 24.2 Å².